The second kappa shape index (κ2) is 6.19. The van der Waals surface area contributed by atoms with Gasteiger partial charge in [0.05, 0.1) is 17.4 Å². The number of hydrogen-bond acceptors (Lipinski definition) is 3. The topological polar surface area (TPSA) is 29.5 Å². The summed E-state index contributed by atoms with van der Waals surface area (Å²) in [6.07, 6.45) is 2.09. The largest absolute Gasteiger partial charge is 0.382 e. The molecular formula is C16H23NO2S. The Labute approximate surface area is 125 Å². The first-order valence-electron chi connectivity index (χ1n) is 6.98. The normalized spacial score (nSPS) is 17.6. The molecule has 1 fully saturated rings. The predicted octanol–water partition coefficient (Wildman–Crippen LogP) is 3.11. The maximum atomic E-state index is 12.5. The van der Waals surface area contributed by atoms with Crippen LogP contribution in [0.15, 0.2) is 29.2 Å². The molecule has 1 aliphatic rings. The molecule has 1 atom stereocenters. The van der Waals surface area contributed by atoms with Crippen LogP contribution in [-0.2, 0) is 9.53 Å². The van der Waals surface area contributed by atoms with Crippen molar-refractivity contribution in [2.45, 2.75) is 42.4 Å². The Kier molecular flexibility index (Phi) is 4.76. The highest BCUT2D eigenvalue weighted by Crippen LogP contribution is 2.42. The van der Waals surface area contributed by atoms with Crippen molar-refractivity contribution in [3.8, 4) is 0 Å². The Morgan fingerprint density at radius 3 is 2.50 bits per heavy atom. The van der Waals surface area contributed by atoms with Gasteiger partial charge in [-0.3, -0.25) is 4.79 Å². The van der Waals surface area contributed by atoms with E-state index in [0.717, 1.165) is 17.7 Å². The van der Waals surface area contributed by atoms with Crippen LogP contribution in [0, 0.1) is 6.92 Å². The van der Waals surface area contributed by atoms with E-state index in [9.17, 15) is 4.79 Å². The third-order valence-electron chi connectivity index (χ3n) is 3.96. The SMILES string of the molecule is COCC1(N(C)C(=O)C(C)Sc2ccc(C)cc2)CC1. The van der Waals surface area contributed by atoms with Gasteiger partial charge in [0.25, 0.3) is 0 Å². The third-order valence-corrected chi connectivity index (χ3v) is 5.06. The number of nitrogens with zero attached hydrogens (tertiary/aromatic N) is 1. The van der Waals surface area contributed by atoms with Crippen LogP contribution in [0.25, 0.3) is 0 Å². The van der Waals surface area contributed by atoms with Gasteiger partial charge in [-0.2, -0.15) is 0 Å². The van der Waals surface area contributed by atoms with Gasteiger partial charge in [0.15, 0.2) is 0 Å². The van der Waals surface area contributed by atoms with E-state index < -0.39 is 0 Å². The summed E-state index contributed by atoms with van der Waals surface area (Å²) in [6.45, 7) is 4.68. The second-order valence-corrected chi connectivity index (χ2v) is 7.04. The number of amides is 1. The molecule has 3 nitrogen and oxygen atoms in total. The molecule has 0 heterocycles. The zero-order chi connectivity index (χ0) is 14.8. The van der Waals surface area contributed by atoms with Crippen molar-refractivity contribution in [2.75, 3.05) is 20.8 Å². The fraction of sp³-hybridized carbons (Fsp3) is 0.562. The molecule has 110 valence electrons. The molecular weight excluding hydrogens is 270 g/mol. The first-order valence-corrected chi connectivity index (χ1v) is 7.86. The van der Waals surface area contributed by atoms with Crippen LogP contribution in [0.1, 0.15) is 25.3 Å². The molecule has 0 N–H and O–H groups in total. The Balaban J connectivity index is 1.96. The van der Waals surface area contributed by atoms with E-state index in [4.69, 9.17) is 4.74 Å². The van der Waals surface area contributed by atoms with Crippen LogP contribution in [-0.4, -0.2) is 42.4 Å². The number of rotatable bonds is 6. The molecule has 0 bridgehead atoms. The van der Waals surface area contributed by atoms with E-state index in [2.05, 4.69) is 31.2 Å². The van der Waals surface area contributed by atoms with Crippen molar-refractivity contribution < 1.29 is 9.53 Å². The average molecular weight is 293 g/mol. The minimum atomic E-state index is -0.0722. The van der Waals surface area contributed by atoms with Crippen molar-refractivity contribution in [1.29, 1.82) is 0 Å². The van der Waals surface area contributed by atoms with Crippen molar-refractivity contribution in [2.24, 2.45) is 0 Å². The molecule has 20 heavy (non-hydrogen) atoms. The Morgan fingerprint density at radius 2 is 2.00 bits per heavy atom. The van der Waals surface area contributed by atoms with E-state index in [1.165, 1.54) is 5.56 Å². The summed E-state index contributed by atoms with van der Waals surface area (Å²) in [5.74, 6) is 0.185. The van der Waals surface area contributed by atoms with Gasteiger partial charge in [-0.15, -0.1) is 11.8 Å². The van der Waals surface area contributed by atoms with E-state index in [0.29, 0.717) is 6.61 Å². The van der Waals surface area contributed by atoms with Gasteiger partial charge in [0, 0.05) is 19.1 Å². The number of hydrogen-bond donors (Lipinski definition) is 0. The summed E-state index contributed by atoms with van der Waals surface area (Å²) in [4.78, 5) is 15.6. The van der Waals surface area contributed by atoms with Crippen molar-refractivity contribution in [3.05, 3.63) is 29.8 Å². The van der Waals surface area contributed by atoms with Crippen LogP contribution in [0.3, 0.4) is 0 Å². The third kappa shape index (κ3) is 3.36. The molecule has 1 unspecified atom stereocenters. The minimum absolute atomic E-state index is 0.0477. The van der Waals surface area contributed by atoms with Crippen LogP contribution in [0.5, 0.6) is 0 Å². The molecule has 1 aromatic rings. The van der Waals surface area contributed by atoms with Crippen molar-refractivity contribution in [3.63, 3.8) is 0 Å². The van der Waals surface area contributed by atoms with E-state index in [1.54, 1.807) is 18.9 Å². The molecule has 1 aliphatic carbocycles. The van der Waals surface area contributed by atoms with Gasteiger partial charge in [0.2, 0.25) is 5.91 Å². The Hall–Kier alpha value is -1.00. The molecule has 1 amide bonds. The number of thioether (sulfide) groups is 1. The molecule has 0 aliphatic heterocycles. The molecule has 1 saturated carbocycles. The lowest BCUT2D eigenvalue weighted by Gasteiger charge is -2.29. The summed E-state index contributed by atoms with van der Waals surface area (Å²) in [5.41, 5.74) is 1.19. The number of ether oxygens (including phenoxy) is 1. The Morgan fingerprint density at radius 1 is 1.40 bits per heavy atom. The first-order chi connectivity index (χ1) is 9.48. The molecule has 2 rings (SSSR count). The van der Waals surface area contributed by atoms with Gasteiger partial charge in [-0.05, 0) is 38.8 Å². The molecule has 0 saturated heterocycles. The number of aryl methyl sites for hydroxylation is 1. The number of benzene rings is 1. The molecule has 4 heteroatoms. The van der Waals surface area contributed by atoms with E-state index >= 15 is 0 Å². The Bertz CT molecular complexity index is 468. The summed E-state index contributed by atoms with van der Waals surface area (Å²) in [5, 5.41) is -0.0722. The van der Waals surface area contributed by atoms with Gasteiger partial charge in [-0.1, -0.05) is 17.7 Å². The summed E-state index contributed by atoms with van der Waals surface area (Å²) in [7, 11) is 3.60. The second-order valence-electron chi connectivity index (χ2n) is 5.63. The number of carbonyl (C=O) groups is 1. The molecule has 0 aromatic heterocycles. The maximum Gasteiger partial charge on any atom is 0.236 e. The van der Waals surface area contributed by atoms with Crippen LogP contribution in [0.4, 0.5) is 0 Å². The number of methoxy groups -OCH3 is 1. The van der Waals surface area contributed by atoms with Gasteiger partial charge in [0.1, 0.15) is 0 Å². The lowest BCUT2D eigenvalue weighted by molar-refractivity contribution is -0.133. The monoisotopic (exact) mass is 293 g/mol. The fourth-order valence-electron chi connectivity index (χ4n) is 2.37. The van der Waals surface area contributed by atoms with Crippen LogP contribution in [0.2, 0.25) is 0 Å². The lowest BCUT2D eigenvalue weighted by Crippen LogP contribution is -2.45. The molecule has 0 spiro atoms. The van der Waals surface area contributed by atoms with E-state index in [1.807, 2.05) is 18.9 Å². The highest BCUT2D eigenvalue weighted by Gasteiger charge is 2.49. The van der Waals surface area contributed by atoms with Crippen LogP contribution < -0.4 is 0 Å². The summed E-state index contributed by atoms with van der Waals surface area (Å²) in [6, 6.07) is 8.31. The summed E-state index contributed by atoms with van der Waals surface area (Å²) < 4.78 is 5.25. The smallest absolute Gasteiger partial charge is 0.236 e. The quantitative estimate of drug-likeness (QED) is 0.755. The van der Waals surface area contributed by atoms with E-state index in [-0.39, 0.29) is 16.7 Å². The standard InChI is InChI=1S/C16H23NO2S/c1-12-5-7-14(8-6-12)20-13(2)15(18)17(3)16(9-10-16)11-19-4/h5-8,13H,9-11H2,1-4H3. The number of carbonyl (C=O) groups excluding carboxylic acids is 1. The average Bonchev–Trinajstić information content (AvgIpc) is 3.21. The van der Waals surface area contributed by atoms with Crippen molar-refractivity contribution >= 4 is 17.7 Å². The van der Waals surface area contributed by atoms with Crippen LogP contribution >= 0.6 is 11.8 Å². The predicted molar refractivity (Wildman–Crippen MR) is 83.1 cm³/mol. The maximum absolute atomic E-state index is 12.5. The minimum Gasteiger partial charge on any atom is -0.382 e. The van der Waals surface area contributed by atoms with Gasteiger partial charge >= 0.3 is 0 Å². The van der Waals surface area contributed by atoms with Gasteiger partial charge < -0.3 is 9.64 Å². The zero-order valence-corrected chi connectivity index (χ0v) is 13.5. The highest BCUT2D eigenvalue weighted by atomic mass is 32.2. The molecule has 0 radical (unpaired) electrons. The molecule has 1 aromatic carbocycles. The highest BCUT2D eigenvalue weighted by molar-refractivity contribution is 8.00. The first kappa shape index (κ1) is 15.4. The zero-order valence-electron chi connectivity index (χ0n) is 12.7. The van der Waals surface area contributed by atoms with Crippen molar-refractivity contribution in [1.82, 2.24) is 4.90 Å². The summed E-state index contributed by atoms with van der Waals surface area (Å²) >= 11 is 1.62. The fourth-order valence-corrected chi connectivity index (χ4v) is 3.33. The lowest BCUT2D eigenvalue weighted by atomic mass is 10.2. The number of likely N-dealkylation sites (N-methyl/N-ethyl adjacent to an activating group) is 1. The van der Waals surface area contributed by atoms with Gasteiger partial charge in [-0.25, -0.2) is 0 Å².